The standard InChI is InChI=1S/C24H35ClN2O/c1-3-14-27(2)15-6-9-19-10-11-22(25)21(16-19)23(28)26-18-24-12-4-7-20(17-24)8-5-13-24/h3,10-11,16,20H,1,4-9,12-15,17-18H2,2H3,(H,26,28). The molecule has 4 heteroatoms. The zero-order valence-corrected chi connectivity index (χ0v) is 18.1. The van der Waals surface area contributed by atoms with Crippen LogP contribution < -0.4 is 5.32 Å². The maximum atomic E-state index is 12.9. The summed E-state index contributed by atoms with van der Waals surface area (Å²) in [7, 11) is 2.10. The maximum absolute atomic E-state index is 12.9. The van der Waals surface area contributed by atoms with Crippen molar-refractivity contribution in [1.29, 1.82) is 0 Å². The maximum Gasteiger partial charge on any atom is 0.252 e. The molecule has 0 atom stereocenters. The molecule has 28 heavy (non-hydrogen) atoms. The average molecular weight is 403 g/mol. The molecular weight excluding hydrogens is 368 g/mol. The number of aryl methyl sites for hydroxylation is 1. The number of carbonyl (C=O) groups is 1. The molecule has 0 radical (unpaired) electrons. The lowest BCUT2D eigenvalue weighted by molar-refractivity contribution is 0.0681. The third kappa shape index (κ3) is 5.61. The Morgan fingerprint density at radius 3 is 2.82 bits per heavy atom. The van der Waals surface area contributed by atoms with Gasteiger partial charge in [-0.3, -0.25) is 4.79 Å². The molecule has 0 aliphatic heterocycles. The quantitative estimate of drug-likeness (QED) is 0.554. The lowest BCUT2D eigenvalue weighted by Gasteiger charge is -2.45. The van der Waals surface area contributed by atoms with Crippen LogP contribution in [0, 0.1) is 11.3 Å². The fourth-order valence-electron chi connectivity index (χ4n) is 5.20. The van der Waals surface area contributed by atoms with Gasteiger partial charge in [0.1, 0.15) is 0 Å². The van der Waals surface area contributed by atoms with E-state index >= 15 is 0 Å². The number of rotatable bonds is 9. The van der Waals surface area contributed by atoms with Crippen LogP contribution >= 0.6 is 11.6 Å². The summed E-state index contributed by atoms with van der Waals surface area (Å²) in [5.41, 5.74) is 2.13. The number of carbonyl (C=O) groups excluding carboxylic acids is 1. The van der Waals surface area contributed by atoms with Gasteiger partial charge in [-0.25, -0.2) is 0 Å². The largest absolute Gasteiger partial charge is 0.351 e. The Morgan fingerprint density at radius 1 is 1.36 bits per heavy atom. The Morgan fingerprint density at radius 2 is 2.11 bits per heavy atom. The van der Waals surface area contributed by atoms with E-state index in [1.807, 2.05) is 24.3 Å². The van der Waals surface area contributed by atoms with E-state index in [9.17, 15) is 4.79 Å². The van der Waals surface area contributed by atoms with Gasteiger partial charge in [0, 0.05) is 13.1 Å². The molecule has 154 valence electrons. The minimum atomic E-state index is -0.0160. The number of hydrogen-bond donors (Lipinski definition) is 1. The third-order valence-corrected chi connectivity index (χ3v) is 7.04. The van der Waals surface area contributed by atoms with E-state index in [1.54, 1.807) is 0 Å². The van der Waals surface area contributed by atoms with E-state index in [4.69, 9.17) is 11.6 Å². The third-order valence-electron chi connectivity index (χ3n) is 6.71. The normalized spacial score (nSPS) is 24.2. The molecule has 0 heterocycles. The molecule has 3 rings (SSSR count). The summed E-state index contributed by atoms with van der Waals surface area (Å²) in [6.45, 7) is 6.49. The van der Waals surface area contributed by atoms with Crippen molar-refractivity contribution in [3.05, 3.63) is 47.0 Å². The van der Waals surface area contributed by atoms with Crippen molar-refractivity contribution in [1.82, 2.24) is 10.2 Å². The van der Waals surface area contributed by atoms with Gasteiger partial charge in [0.25, 0.3) is 5.91 Å². The van der Waals surface area contributed by atoms with Gasteiger partial charge in [-0.15, -0.1) is 6.58 Å². The molecule has 0 saturated heterocycles. The minimum absolute atomic E-state index is 0.0160. The van der Waals surface area contributed by atoms with Crippen LogP contribution in [0.2, 0.25) is 5.02 Å². The number of amides is 1. The molecule has 2 fully saturated rings. The Balaban J connectivity index is 1.56. The zero-order valence-electron chi connectivity index (χ0n) is 17.3. The Kier molecular flexibility index (Phi) is 7.59. The molecule has 3 nitrogen and oxygen atoms in total. The van der Waals surface area contributed by atoms with Crippen LogP contribution in [0.4, 0.5) is 0 Å². The van der Waals surface area contributed by atoms with E-state index in [1.165, 1.54) is 50.5 Å². The number of nitrogens with zero attached hydrogens (tertiary/aromatic N) is 1. The summed E-state index contributed by atoms with van der Waals surface area (Å²) < 4.78 is 0. The van der Waals surface area contributed by atoms with Crippen LogP contribution in [0.1, 0.15) is 67.3 Å². The molecule has 1 aromatic rings. The second kappa shape index (κ2) is 9.93. The topological polar surface area (TPSA) is 32.3 Å². The first-order chi connectivity index (χ1) is 13.5. The van der Waals surface area contributed by atoms with Crippen LogP contribution in [0.15, 0.2) is 30.9 Å². The van der Waals surface area contributed by atoms with Crippen LogP contribution in [0.3, 0.4) is 0 Å². The average Bonchev–Trinajstić information content (AvgIpc) is 2.68. The molecule has 2 aliphatic carbocycles. The first kappa shape index (κ1) is 21.4. The summed E-state index contributed by atoms with van der Waals surface area (Å²) in [6, 6.07) is 5.89. The van der Waals surface area contributed by atoms with Gasteiger partial charge in [-0.2, -0.15) is 0 Å². The second-order valence-corrected chi connectivity index (χ2v) is 9.41. The monoisotopic (exact) mass is 402 g/mol. The van der Waals surface area contributed by atoms with Crippen LogP contribution in [-0.2, 0) is 6.42 Å². The highest BCUT2D eigenvalue weighted by atomic mass is 35.5. The Hall–Kier alpha value is -1.32. The predicted molar refractivity (Wildman–Crippen MR) is 118 cm³/mol. The van der Waals surface area contributed by atoms with E-state index in [-0.39, 0.29) is 5.91 Å². The molecule has 2 bridgehead atoms. The van der Waals surface area contributed by atoms with Crippen LogP contribution in [0.5, 0.6) is 0 Å². The van der Waals surface area contributed by atoms with Gasteiger partial charge >= 0.3 is 0 Å². The van der Waals surface area contributed by atoms with E-state index in [0.717, 1.165) is 38.4 Å². The van der Waals surface area contributed by atoms with Gasteiger partial charge in [0.05, 0.1) is 10.6 Å². The highest BCUT2D eigenvalue weighted by Gasteiger charge is 2.39. The number of halogens is 1. The van der Waals surface area contributed by atoms with Gasteiger partial charge in [-0.05, 0) is 74.7 Å². The van der Waals surface area contributed by atoms with Crippen molar-refractivity contribution in [3.8, 4) is 0 Å². The number of fused-ring (bicyclic) bond motifs is 2. The first-order valence-electron chi connectivity index (χ1n) is 10.9. The van der Waals surface area contributed by atoms with Gasteiger partial charge in [-0.1, -0.05) is 49.4 Å². The summed E-state index contributed by atoms with van der Waals surface area (Å²) in [5.74, 6) is 0.864. The van der Waals surface area contributed by atoms with Crippen molar-refractivity contribution in [2.24, 2.45) is 11.3 Å². The molecular formula is C24H35ClN2O. The van der Waals surface area contributed by atoms with Crippen molar-refractivity contribution in [3.63, 3.8) is 0 Å². The van der Waals surface area contributed by atoms with E-state index in [0.29, 0.717) is 16.0 Å². The number of nitrogens with one attached hydrogen (secondary N) is 1. The smallest absolute Gasteiger partial charge is 0.252 e. The highest BCUT2D eigenvalue weighted by Crippen LogP contribution is 2.48. The molecule has 1 aromatic carbocycles. The molecule has 2 aliphatic rings. The summed E-state index contributed by atoms with van der Waals surface area (Å²) in [5, 5.41) is 3.78. The van der Waals surface area contributed by atoms with Gasteiger partial charge in [0.2, 0.25) is 0 Å². The van der Waals surface area contributed by atoms with Crippen molar-refractivity contribution >= 4 is 17.5 Å². The molecule has 0 spiro atoms. The summed E-state index contributed by atoms with van der Waals surface area (Å²) >= 11 is 6.36. The fraction of sp³-hybridized carbons (Fsp3) is 0.625. The van der Waals surface area contributed by atoms with Gasteiger partial charge < -0.3 is 10.2 Å². The molecule has 1 N–H and O–H groups in total. The van der Waals surface area contributed by atoms with E-state index < -0.39 is 0 Å². The van der Waals surface area contributed by atoms with Crippen molar-refractivity contribution in [2.45, 2.75) is 57.8 Å². The molecule has 1 amide bonds. The number of likely N-dealkylation sites (N-methyl/N-ethyl adjacent to an activating group) is 1. The van der Waals surface area contributed by atoms with Crippen molar-refractivity contribution in [2.75, 3.05) is 26.7 Å². The SMILES string of the molecule is C=CCN(C)CCCc1ccc(Cl)c(C(=O)NCC23CCCC(CCC2)C3)c1. The number of benzene rings is 1. The second-order valence-electron chi connectivity index (χ2n) is 9.01. The molecule has 2 saturated carbocycles. The fourth-order valence-corrected chi connectivity index (χ4v) is 5.40. The van der Waals surface area contributed by atoms with Crippen LogP contribution in [-0.4, -0.2) is 37.5 Å². The van der Waals surface area contributed by atoms with E-state index in [2.05, 4.69) is 23.8 Å². The Bertz CT molecular complexity index is 677. The lowest BCUT2D eigenvalue weighted by atomic mass is 9.62. The minimum Gasteiger partial charge on any atom is -0.351 e. The van der Waals surface area contributed by atoms with Crippen molar-refractivity contribution < 1.29 is 4.79 Å². The zero-order chi connectivity index (χ0) is 20.0. The predicted octanol–water partition coefficient (Wildman–Crippen LogP) is 5.48. The number of hydrogen-bond acceptors (Lipinski definition) is 2. The Labute approximate surface area is 175 Å². The van der Waals surface area contributed by atoms with Gasteiger partial charge in [0.15, 0.2) is 0 Å². The lowest BCUT2D eigenvalue weighted by Crippen LogP contribution is -2.43. The first-order valence-corrected chi connectivity index (χ1v) is 11.3. The highest BCUT2D eigenvalue weighted by molar-refractivity contribution is 6.33. The summed E-state index contributed by atoms with van der Waals surface area (Å²) in [6.07, 6.45) is 13.1. The molecule has 0 unspecified atom stereocenters. The van der Waals surface area contributed by atoms with Crippen LogP contribution in [0.25, 0.3) is 0 Å². The summed E-state index contributed by atoms with van der Waals surface area (Å²) in [4.78, 5) is 15.1. The molecule has 0 aromatic heterocycles.